The average Bonchev–Trinajstić information content (AvgIpc) is 2.49. The highest BCUT2D eigenvalue weighted by Gasteiger charge is 2.13. The van der Waals surface area contributed by atoms with Crippen LogP contribution in [0.1, 0.15) is 22.3 Å². The molecule has 0 atom stereocenters. The van der Waals surface area contributed by atoms with E-state index >= 15 is 0 Å². The Morgan fingerprint density at radius 2 is 2.00 bits per heavy atom. The summed E-state index contributed by atoms with van der Waals surface area (Å²) < 4.78 is 48.0. The molecule has 0 fully saturated rings. The average molecular weight is 297 g/mol. The van der Waals surface area contributed by atoms with Crippen molar-refractivity contribution in [1.29, 1.82) is 0 Å². The van der Waals surface area contributed by atoms with E-state index in [1.54, 1.807) is 0 Å². The minimum absolute atomic E-state index is 0.0198. The number of hydrogen-bond acceptors (Lipinski definition) is 4. The number of esters is 1. The van der Waals surface area contributed by atoms with Crippen LogP contribution in [-0.4, -0.2) is 18.1 Å². The Morgan fingerprint density at radius 1 is 1.24 bits per heavy atom. The molecular weight excluding hydrogens is 287 g/mol. The Hall–Kier alpha value is -2.57. The Morgan fingerprint density at radius 3 is 2.52 bits per heavy atom. The second-order valence-corrected chi connectivity index (χ2v) is 3.97. The van der Waals surface area contributed by atoms with Crippen LogP contribution in [0, 0.1) is 5.82 Å². The van der Waals surface area contributed by atoms with Gasteiger partial charge in [-0.05, 0) is 24.3 Å². The minimum atomic E-state index is -2.76. The van der Waals surface area contributed by atoms with Gasteiger partial charge < -0.3 is 9.47 Å². The van der Waals surface area contributed by atoms with E-state index in [-0.39, 0.29) is 17.2 Å². The Bertz CT molecular complexity index is 644. The topological polar surface area (TPSA) is 48.4 Å². The molecule has 4 nitrogen and oxygen atoms in total. The first-order valence-electron chi connectivity index (χ1n) is 5.81. The first-order valence-corrected chi connectivity index (χ1v) is 5.81. The van der Waals surface area contributed by atoms with E-state index < -0.39 is 23.8 Å². The molecule has 2 aromatic rings. The molecule has 0 amide bonds. The summed E-state index contributed by atoms with van der Waals surface area (Å²) in [6.07, 6.45) is -1.56. The number of methoxy groups -OCH3 is 1. The molecule has 0 unspecified atom stereocenters. The van der Waals surface area contributed by atoms with Crippen LogP contribution in [0.15, 0.2) is 36.5 Å². The van der Waals surface area contributed by atoms with Gasteiger partial charge in [-0.3, -0.25) is 0 Å². The molecule has 0 aliphatic carbocycles. The van der Waals surface area contributed by atoms with Crippen molar-refractivity contribution in [3.8, 4) is 11.6 Å². The Kier molecular flexibility index (Phi) is 4.42. The van der Waals surface area contributed by atoms with Crippen molar-refractivity contribution in [1.82, 2.24) is 4.98 Å². The monoisotopic (exact) mass is 297 g/mol. The van der Waals surface area contributed by atoms with Gasteiger partial charge >= 0.3 is 5.97 Å². The number of nitrogens with zero attached hydrogens (tertiary/aromatic N) is 1. The lowest BCUT2D eigenvalue weighted by Crippen LogP contribution is -2.02. The lowest BCUT2D eigenvalue weighted by Gasteiger charge is -2.07. The zero-order valence-electron chi connectivity index (χ0n) is 10.8. The third kappa shape index (κ3) is 3.50. The summed E-state index contributed by atoms with van der Waals surface area (Å²) in [6.45, 7) is 0. The van der Waals surface area contributed by atoms with Gasteiger partial charge in [-0.1, -0.05) is 0 Å². The third-order valence-electron chi connectivity index (χ3n) is 2.58. The number of ether oxygens (including phenoxy) is 2. The molecule has 0 bridgehead atoms. The maximum Gasteiger partial charge on any atom is 0.339 e. The number of hydrogen-bond donors (Lipinski definition) is 0. The molecule has 0 spiro atoms. The number of alkyl halides is 2. The number of carbonyl (C=O) groups is 1. The van der Waals surface area contributed by atoms with Crippen molar-refractivity contribution in [2.45, 2.75) is 6.43 Å². The summed E-state index contributed by atoms with van der Waals surface area (Å²) in [5.74, 6) is -1.71. The summed E-state index contributed by atoms with van der Waals surface area (Å²) in [5, 5.41) is 0. The van der Waals surface area contributed by atoms with Crippen LogP contribution in [0.25, 0.3) is 0 Å². The largest absolute Gasteiger partial charge is 0.465 e. The van der Waals surface area contributed by atoms with Crippen molar-refractivity contribution in [2.75, 3.05) is 7.11 Å². The fourth-order valence-corrected chi connectivity index (χ4v) is 1.53. The van der Waals surface area contributed by atoms with Crippen LogP contribution in [0.2, 0.25) is 0 Å². The number of rotatable bonds is 4. The van der Waals surface area contributed by atoms with Gasteiger partial charge in [0.1, 0.15) is 0 Å². The summed E-state index contributed by atoms with van der Waals surface area (Å²) in [5.41, 5.74) is -0.229. The van der Waals surface area contributed by atoms with E-state index in [4.69, 9.17) is 4.74 Å². The lowest BCUT2D eigenvalue weighted by molar-refractivity contribution is 0.0600. The van der Waals surface area contributed by atoms with Gasteiger partial charge in [0.25, 0.3) is 6.43 Å². The molecule has 21 heavy (non-hydrogen) atoms. The van der Waals surface area contributed by atoms with Crippen molar-refractivity contribution in [2.24, 2.45) is 0 Å². The zero-order chi connectivity index (χ0) is 15.4. The molecule has 0 saturated heterocycles. The van der Waals surface area contributed by atoms with E-state index in [1.165, 1.54) is 25.4 Å². The van der Waals surface area contributed by atoms with E-state index in [9.17, 15) is 18.0 Å². The summed E-state index contributed by atoms with van der Waals surface area (Å²) >= 11 is 0. The SMILES string of the molecule is COC(=O)c1ccc(Oc2ccc(C(F)F)cc2F)nc1. The highest BCUT2D eigenvalue weighted by atomic mass is 19.3. The van der Waals surface area contributed by atoms with Gasteiger partial charge in [-0.25, -0.2) is 22.9 Å². The first kappa shape index (κ1) is 14.8. The van der Waals surface area contributed by atoms with E-state index in [2.05, 4.69) is 9.72 Å². The molecule has 1 aromatic heterocycles. The number of carbonyl (C=O) groups excluding carboxylic acids is 1. The summed E-state index contributed by atoms with van der Waals surface area (Å²) in [7, 11) is 1.23. The van der Waals surface area contributed by atoms with Gasteiger partial charge in [0, 0.05) is 17.8 Å². The van der Waals surface area contributed by atoms with Crippen molar-refractivity contribution in [3.05, 3.63) is 53.5 Å². The zero-order valence-corrected chi connectivity index (χ0v) is 10.8. The lowest BCUT2D eigenvalue weighted by atomic mass is 10.2. The van der Waals surface area contributed by atoms with Crippen molar-refractivity contribution in [3.63, 3.8) is 0 Å². The van der Waals surface area contributed by atoms with Crippen LogP contribution in [0.3, 0.4) is 0 Å². The maximum atomic E-state index is 13.6. The molecule has 0 saturated carbocycles. The molecule has 2 rings (SSSR count). The highest BCUT2D eigenvalue weighted by molar-refractivity contribution is 5.88. The Balaban J connectivity index is 2.16. The standard InChI is InChI=1S/C14H10F3NO3/c1-20-14(19)9-3-5-12(18-7-9)21-11-4-2-8(13(16)17)6-10(11)15/h2-7,13H,1H3. The normalized spacial score (nSPS) is 10.5. The molecule has 0 aliphatic rings. The van der Waals surface area contributed by atoms with Gasteiger partial charge in [-0.15, -0.1) is 0 Å². The second-order valence-electron chi connectivity index (χ2n) is 3.97. The molecule has 0 N–H and O–H groups in total. The molecule has 110 valence electrons. The number of pyridine rings is 1. The molecule has 1 heterocycles. The minimum Gasteiger partial charge on any atom is -0.465 e. The van der Waals surface area contributed by atoms with Crippen LogP contribution in [0.4, 0.5) is 13.2 Å². The predicted molar refractivity (Wildman–Crippen MR) is 67.0 cm³/mol. The summed E-state index contributed by atoms with van der Waals surface area (Å²) in [6, 6.07) is 5.58. The van der Waals surface area contributed by atoms with E-state index in [1.807, 2.05) is 0 Å². The second kappa shape index (κ2) is 6.25. The van der Waals surface area contributed by atoms with Gasteiger partial charge in [0.05, 0.1) is 12.7 Å². The van der Waals surface area contributed by atoms with Crippen LogP contribution in [0.5, 0.6) is 11.6 Å². The van der Waals surface area contributed by atoms with E-state index in [0.29, 0.717) is 6.07 Å². The van der Waals surface area contributed by atoms with E-state index in [0.717, 1.165) is 12.1 Å². The fraction of sp³-hybridized carbons (Fsp3) is 0.143. The third-order valence-corrected chi connectivity index (χ3v) is 2.58. The number of aromatic nitrogens is 1. The number of halogens is 3. The molecule has 0 aliphatic heterocycles. The number of benzene rings is 1. The smallest absolute Gasteiger partial charge is 0.339 e. The van der Waals surface area contributed by atoms with Gasteiger partial charge in [0.15, 0.2) is 11.6 Å². The van der Waals surface area contributed by atoms with Crippen molar-refractivity contribution >= 4 is 5.97 Å². The fourth-order valence-electron chi connectivity index (χ4n) is 1.53. The maximum absolute atomic E-state index is 13.6. The molecular formula is C14H10F3NO3. The van der Waals surface area contributed by atoms with Crippen LogP contribution >= 0.6 is 0 Å². The van der Waals surface area contributed by atoms with Crippen LogP contribution < -0.4 is 4.74 Å². The highest BCUT2D eigenvalue weighted by Crippen LogP contribution is 2.27. The van der Waals surface area contributed by atoms with Gasteiger partial charge in [-0.2, -0.15) is 0 Å². The molecule has 0 radical (unpaired) electrons. The summed E-state index contributed by atoms with van der Waals surface area (Å²) in [4.78, 5) is 15.0. The molecule has 1 aromatic carbocycles. The first-order chi connectivity index (χ1) is 10.0. The quantitative estimate of drug-likeness (QED) is 0.807. The van der Waals surface area contributed by atoms with Crippen LogP contribution in [-0.2, 0) is 4.74 Å². The van der Waals surface area contributed by atoms with Gasteiger partial charge in [0.2, 0.25) is 5.88 Å². The van der Waals surface area contributed by atoms with Crippen molar-refractivity contribution < 1.29 is 27.4 Å². The Labute approximate surface area is 118 Å². The predicted octanol–water partition coefficient (Wildman–Crippen LogP) is 3.74. The molecule has 7 heteroatoms.